The SMILES string of the molecule is O=S(=O)(C1=CC[C@H](Oc2ccccc2)C=C1)N1CCCC(c2cc(NCc3cccnc3)n3ncc(Br)c3n2)C1. The molecular weight excluding hydrogens is 592 g/mol. The molecule has 1 saturated heterocycles. The lowest BCUT2D eigenvalue weighted by Gasteiger charge is -2.32. The van der Waals surface area contributed by atoms with Gasteiger partial charge in [0.25, 0.3) is 0 Å². The van der Waals surface area contributed by atoms with Crippen LogP contribution in [-0.4, -0.2) is 51.5 Å². The Labute approximate surface area is 241 Å². The van der Waals surface area contributed by atoms with Crippen molar-refractivity contribution in [1.82, 2.24) is 23.9 Å². The number of allylic oxidation sites excluding steroid dienone is 1. The molecule has 1 unspecified atom stereocenters. The number of piperidine rings is 1. The third-order valence-corrected chi connectivity index (χ3v) is 9.61. The van der Waals surface area contributed by atoms with E-state index in [1.165, 1.54) is 0 Å². The highest BCUT2D eigenvalue weighted by Gasteiger charge is 2.33. The first kappa shape index (κ1) is 26.7. The minimum Gasteiger partial charge on any atom is -0.486 e. The lowest BCUT2D eigenvalue weighted by Crippen LogP contribution is -2.40. The largest absolute Gasteiger partial charge is 0.486 e. The number of sulfonamides is 1. The number of hydrogen-bond donors (Lipinski definition) is 1. The topological polar surface area (TPSA) is 102 Å². The molecule has 2 atom stereocenters. The van der Waals surface area contributed by atoms with Crippen molar-refractivity contribution in [3.05, 3.63) is 106 Å². The number of anilines is 1. The van der Waals surface area contributed by atoms with Crippen LogP contribution in [0.3, 0.4) is 0 Å². The van der Waals surface area contributed by atoms with Crippen LogP contribution in [0.5, 0.6) is 5.75 Å². The van der Waals surface area contributed by atoms with Gasteiger partial charge in [-0.05, 0) is 64.7 Å². The summed E-state index contributed by atoms with van der Waals surface area (Å²) in [5, 5.41) is 7.91. The smallest absolute Gasteiger partial charge is 0.242 e. The highest BCUT2D eigenvalue weighted by atomic mass is 79.9. The number of para-hydroxylation sites is 1. The molecule has 1 aromatic carbocycles. The minimum atomic E-state index is -3.64. The summed E-state index contributed by atoms with van der Waals surface area (Å²) in [5.41, 5.74) is 2.57. The Kier molecular flexibility index (Phi) is 7.68. The highest BCUT2D eigenvalue weighted by molar-refractivity contribution is 9.10. The molecule has 11 heteroatoms. The number of halogens is 1. The van der Waals surface area contributed by atoms with Crippen molar-refractivity contribution in [3.8, 4) is 5.75 Å². The molecule has 1 aliphatic carbocycles. The molecule has 2 aliphatic rings. The van der Waals surface area contributed by atoms with Crippen LogP contribution in [0.15, 0.2) is 94.7 Å². The average molecular weight is 622 g/mol. The molecule has 0 amide bonds. The fourth-order valence-electron chi connectivity index (χ4n) is 5.07. The van der Waals surface area contributed by atoms with Crippen LogP contribution < -0.4 is 10.1 Å². The molecule has 4 heterocycles. The molecule has 0 bridgehead atoms. The van der Waals surface area contributed by atoms with Crippen LogP contribution in [-0.2, 0) is 16.6 Å². The summed E-state index contributed by atoms with van der Waals surface area (Å²) in [5.74, 6) is 1.51. The number of nitrogens with one attached hydrogen (secondary N) is 1. The summed E-state index contributed by atoms with van der Waals surface area (Å²) < 4.78 is 37.4. The third kappa shape index (κ3) is 5.67. The van der Waals surface area contributed by atoms with E-state index in [1.807, 2.05) is 60.8 Å². The van der Waals surface area contributed by atoms with Crippen molar-refractivity contribution in [1.29, 1.82) is 0 Å². The van der Waals surface area contributed by atoms with Crippen molar-refractivity contribution in [2.75, 3.05) is 18.4 Å². The molecule has 0 spiro atoms. The molecule has 0 saturated carbocycles. The average Bonchev–Trinajstić information content (AvgIpc) is 3.38. The molecule has 1 fully saturated rings. The maximum atomic E-state index is 13.6. The van der Waals surface area contributed by atoms with E-state index in [-0.39, 0.29) is 12.0 Å². The van der Waals surface area contributed by atoms with E-state index in [9.17, 15) is 8.42 Å². The number of nitrogens with zero attached hydrogens (tertiary/aromatic N) is 5. The second-order valence-corrected chi connectivity index (χ2v) is 12.7. The Morgan fingerprint density at radius 3 is 2.77 bits per heavy atom. The summed E-state index contributed by atoms with van der Waals surface area (Å²) in [6, 6.07) is 15.4. The van der Waals surface area contributed by atoms with Gasteiger partial charge < -0.3 is 10.1 Å². The predicted molar refractivity (Wildman–Crippen MR) is 157 cm³/mol. The van der Waals surface area contributed by atoms with Crippen molar-refractivity contribution in [3.63, 3.8) is 0 Å². The van der Waals surface area contributed by atoms with Crippen molar-refractivity contribution >= 4 is 37.4 Å². The zero-order valence-corrected chi connectivity index (χ0v) is 24.1. The normalized spacial score (nSPS) is 19.9. The fraction of sp³-hybridized carbons (Fsp3) is 0.276. The van der Waals surface area contributed by atoms with E-state index in [0.717, 1.165) is 40.1 Å². The number of aromatic nitrogens is 4. The molecule has 0 radical (unpaired) electrons. The lowest BCUT2D eigenvalue weighted by atomic mass is 9.96. The Hall–Kier alpha value is -3.54. The van der Waals surface area contributed by atoms with Gasteiger partial charge in [0.1, 0.15) is 17.7 Å². The van der Waals surface area contributed by atoms with E-state index >= 15 is 0 Å². The Balaban J connectivity index is 1.19. The Morgan fingerprint density at radius 2 is 2.00 bits per heavy atom. The van der Waals surface area contributed by atoms with Gasteiger partial charge in [0.2, 0.25) is 10.0 Å². The molecule has 9 nitrogen and oxygen atoms in total. The maximum absolute atomic E-state index is 13.6. The summed E-state index contributed by atoms with van der Waals surface area (Å²) in [6.07, 6.45) is 12.5. The minimum absolute atomic E-state index is 0.0448. The van der Waals surface area contributed by atoms with Crippen molar-refractivity contribution < 1.29 is 13.2 Å². The molecular formula is C29H29BrN6O3S. The van der Waals surface area contributed by atoms with Crippen LogP contribution in [0.1, 0.15) is 36.4 Å². The van der Waals surface area contributed by atoms with Gasteiger partial charge in [-0.1, -0.05) is 30.3 Å². The standard InChI is InChI=1S/C29H29BrN6O3S/c30-26-19-33-36-28(32-18-21-6-4-14-31-17-21)16-27(34-29(26)36)22-7-5-15-35(20-22)40(37,38)25-12-10-24(11-13-25)39-23-8-2-1-3-9-23/h1-4,6,8-10,12-14,16-17,19,22,24,32H,5,7,11,15,18,20H2/t22?,24-/m1/s1. The van der Waals surface area contributed by atoms with Gasteiger partial charge in [0, 0.05) is 50.4 Å². The molecule has 6 rings (SSSR count). The van der Waals surface area contributed by atoms with Gasteiger partial charge in [-0.25, -0.2) is 13.4 Å². The number of hydrogen-bond acceptors (Lipinski definition) is 7. The van der Waals surface area contributed by atoms with Gasteiger partial charge in [-0.2, -0.15) is 13.9 Å². The van der Waals surface area contributed by atoms with Crippen LogP contribution in [0.2, 0.25) is 0 Å². The molecule has 3 aromatic heterocycles. The first-order chi connectivity index (χ1) is 19.5. The monoisotopic (exact) mass is 620 g/mol. The number of rotatable bonds is 8. The number of fused-ring (bicyclic) bond motifs is 1. The van der Waals surface area contributed by atoms with E-state index < -0.39 is 10.0 Å². The van der Waals surface area contributed by atoms with Gasteiger partial charge in [-0.3, -0.25) is 4.98 Å². The van der Waals surface area contributed by atoms with Gasteiger partial charge in [-0.15, -0.1) is 0 Å². The molecule has 4 aromatic rings. The number of pyridine rings is 1. The third-order valence-electron chi connectivity index (χ3n) is 7.14. The zero-order valence-electron chi connectivity index (χ0n) is 21.7. The predicted octanol–water partition coefficient (Wildman–Crippen LogP) is 5.30. The molecule has 1 aliphatic heterocycles. The van der Waals surface area contributed by atoms with E-state index in [0.29, 0.717) is 36.6 Å². The first-order valence-corrected chi connectivity index (χ1v) is 15.5. The van der Waals surface area contributed by atoms with Gasteiger partial charge in [0.15, 0.2) is 5.65 Å². The quantitative estimate of drug-likeness (QED) is 0.285. The van der Waals surface area contributed by atoms with Gasteiger partial charge >= 0.3 is 0 Å². The number of ether oxygens (including phenoxy) is 1. The van der Waals surface area contributed by atoms with Gasteiger partial charge in [0.05, 0.1) is 21.3 Å². The number of benzene rings is 1. The fourth-order valence-corrected chi connectivity index (χ4v) is 7.02. The first-order valence-electron chi connectivity index (χ1n) is 13.2. The summed E-state index contributed by atoms with van der Waals surface area (Å²) in [6.45, 7) is 1.43. The Morgan fingerprint density at radius 1 is 1.12 bits per heavy atom. The van der Waals surface area contributed by atoms with Crippen molar-refractivity contribution in [2.45, 2.75) is 37.8 Å². The molecule has 1 N–H and O–H groups in total. The summed E-state index contributed by atoms with van der Waals surface area (Å²) in [4.78, 5) is 9.39. The van der Waals surface area contributed by atoms with Crippen LogP contribution in [0.25, 0.3) is 5.65 Å². The van der Waals surface area contributed by atoms with E-state index in [2.05, 4.69) is 31.3 Å². The van der Waals surface area contributed by atoms with Crippen LogP contribution in [0.4, 0.5) is 5.82 Å². The molecule has 206 valence electrons. The highest BCUT2D eigenvalue weighted by Crippen LogP contribution is 2.33. The van der Waals surface area contributed by atoms with Crippen molar-refractivity contribution in [2.24, 2.45) is 0 Å². The molecule has 40 heavy (non-hydrogen) atoms. The van der Waals surface area contributed by atoms with Crippen LogP contribution >= 0.6 is 15.9 Å². The lowest BCUT2D eigenvalue weighted by molar-refractivity contribution is 0.251. The second-order valence-electron chi connectivity index (χ2n) is 9.88. The Bertz CT molecular complexity index is 1660. The van der Waals surface area contributed by atoms with E-state index in [1.54, 1.807) is 33.4 Å². The van der Waals surface area contributed by atoms with E-state index in [4.69, 9.17) is 9.72 Å². The summed E-state index contributed by atoms with van der Waals surface area (Å²) in [7, 11) is -3.64. The summed E-state index contributed by atoms with van der Waals surface area (Å²) >= 11 is 3.56. The zero-order chi connectivity index (χ0) is 27.5. The van der Waals surface area contributed by atoms with Crippen LogP contribution in [0, 0.1) is 0 Å². The maximum Gasteiger partial charge on any atom is 0.242 e. The second kappa shape index (κ2) is 11.5.